The van der Waals surface area contributed by atoms with E-state index in [1.165, 1.54) is 5.56 Å². The van der Waals surface area contributed by atoms with Crippen molar-refractivity contribution >= 4 is 11.0 Å². The molecule has 1 saturated heterocycles. The van der Waals surface area contributed by atoms with E-state index in [1.807, 2.05) is 33.4 Å². The zero-order valence-electron chi connectivity index (χ0n) is 22.6. The molecule has 4 heterocycles. The molecule has 1 aliphatic heterocycles. The topological polar surface area (TPSA) is 101 Å². The summed E-state index contributed by atoms with van der Waals surface area (Å²) in [5.74, 6) is 0. The molecule has 0 radical (unpaired) electrons. The van der Waals surface area contributed by atoms with Gasteiger partial charge in [-0.1, -0.05) is 35.5 Å². The molecule has 0 amide bonds. The van der Waals surface area contributed by atoms with E-state index < -0.39 is 0 Å². The first kappa shape index (κ1) is 25.4. The highest BCUT2D eigenvalue weighted by Gasteiger charge is 2.34. The summed E-state index contributed by atoms with van der Waals surface area (Å²) in [4.78, 5) is 4.60. The maximum Gasteiger partial charge on any atom is 0.139 e. The minimum Gasteiger partial charge on any atom is -0.464 e. The van der Waals surface area contributed by atoms with Crippen molar-refractivity contribution in [2.75, 3.05) is 20.6 Å². The number of fused-ring (bicyclic) bond motifs is 1. The predicted molar refractivity (Wildman–Crippen MR) is 147 cm³/mol. The zero-order chi connectivity index (χ0) is 26.8. The number of rotatable bonds is 9. The smallest absolute Gasteiger partial charge is 0.139 e. The Kier molecular flexibility index (Phi) is 7.23. The first-order chi connectivity index (χ1) is 19.0. The van der Waals surface area contributed by atoms with Crippen molar-refractivity contribution in [2.45, 2.75) is 44.7 Å². The third kappa shape index (κ3) is 5.49. The quantitative estimate of drug-likeness (QED) is 0.303. The second kappa shape index (κ2) is 11.1. The van der Waals surface area contributed by atoms with Crippen molar-refractivity contribution in [3.05, 3.63) is 83.5 Å². The van der Waals surface area contributed by atoms with Crippen molar-refractivity contribution in [1.29, 1.82) is 0 Å². The molecule has 6 rings (SSSR count). The van der Waals surface area contributed by atoms with Gasteiger partial charge in [0.25, 0.3) is 0 Å². The number of H-pyrrole nitrogens is 1. The Labute approximate surface area is 227 Å². The van der Waals surface area contributed by atoms with Crippen LogP contribution < -0.4 is 0 Å². The number of hydrogen-bond acceptors (Lipinski definition) is 8. The summed E-state index contributed by atoms with van der Waals surface area (Å²) in [6.07, 6.45) is 5.68. The molecule has 2 atom stereocenters. The van der Waals surface area contributed by atoms with Crippen LogP contribution in [0.5, 0.6) is 0 Å². The van der Waals surface area contributed by atoms with E-state index in [2.05, 4.69) is 78.0 Å². The van der Waals surface area contributed by atoms with Crippen molar-refractivity contribution < 1.29 is 9.15 Å². The molecular formula is C29H34N8O2. The summed E-state index contributed by atoms with van der Waals surface area (Å²) >= 11 is 0. The third-order valence-electron chi connectivity index (χ3n) is 7.32. The lowest BCUT2D eigenvalue weighted by atomic mass is 9.92. The maximum absolute atomic E-state index is 6.76. The number of nitrogens with zero attached hydrogens (tertiary/aromatic N) is 7. The van der Waals surface area contributed by atoms with Crippen LogP contribution in [-0.2, 0) is 31.5 Å². The molecule has 0 bridgehead atoms. The van der Waals surface area contributed by atoms with Gasteiger partial charge in [0.1, 0.15) is 22.7 Å². The van der Waals surface area contributed by atoms with Gasteiger partial charge in [-0.15, -0.1) is 5.10 Å². The summed E-state index contributed by atoms with van der Waals surface area (Å²) in [5.41, 5.74) is 6.90. The summed E-state index contributed by atoms with van der Waals surface area (Å²) in [5, 5.41) is 21.2. The van der Waals surface area contributed by atoms with Crippen LogP contribution in [0.3, 0.4) is 0 Å². The van der Waals surface area contributed by atoms with Crippen LogP contribution >= 0.6 is 0 Å². The number of benzene rings is 2. The Morgan fingerprint density at radius 3 is 2.74 bits per heavy atom. The SMILES string of the molecule is CN(C)Cc1n[nH]nc1CN1CCC[C@H](OCc2cc(-c3cn(C)nn3)cc3ccoc23)[C@@H]1c1ccccc1. The second-order valence-electron chi connectivity index (χ2n) is 10.5. The Bertz CT molecular complexity index is 1520. The molecule has 1 fully saturated rings. The highest BCUT2D eigenvalue weighted by molar-refractivity contribution is 5.85. The van der Waals surface area contributed by atoms with Gasteiger partial charge < -0.3 is 14.1 Å². The predicted octanol–water partition coefficient (Wildman–Crippen LogP) is 4.33. The number of aryl methyl sites for hydroxylation is 1. The summed E-state index contributed by atoms with van der Waals surface area (Å²) in [6, 6.07) is 16.9. The van der Waals surface area contributed by atoms with E-state index in [0.717, 1.165) is 65.1 Å². The molecule has 0 unspecified atom stereocenters. The Morgan fingerprint density at radius 2 is 1.95 bits per heavy atom. The first-order valence-electron chi connectivity index (χ1n) is 13.4. The highest BCUT2D eigenvalue weighted by atomic mass is 16.5. The summed E-state index contributed by atoms with van der Waals surface area (Å²) in [6.45, 7) is 2.87. The lowest BCUT2D eigenvalue weighted by Gasteiger charge is -2.41. The normalized spacial score (nSPS) is 18.4. The van der Waals surface area contributed by atoms with Gasteiger partial charge in [0.2, 0.25) is 0 Å². The van der Waals surface area contributed by atoms with Crippen LogP contribution in [0.4, 0.5) is 0 Å². The molecule has 1 aliphatic rings. The Hall–Kier alpha value is -3.86. The number of likely N-dealkylation sites (tertiary alicyclic amines) is 1. The molecule has 2 aromatic carbocycles. The van der Waals surface area contributed by atoms with Gasteiger partial charge in [-0.2, -0.15) is 15.4 Å². The van der Waals surface area contributed by atoms with Gasteiger partial charge >= 0.3 is 0 Å². The van der Waals surface area contributed by atoms with Crippen LogP contribution in [0.1, 0.15) is 41.4 Å². The molecule has 39 heavy (non-hydrogen) atoms. The molecule has 10 heteroatoms. The zero-order valence-corrected chi connectivity index (χ0v) is 22.6. The molecular weight excluding hydrogens is 492 g/mol. The average Bonchev–Trinajstić information content (AvgIpc) is 3.69. The maximum atomic E-state index is 6.76. The summed E-state index contributed by atoms with van der Waals surface area (Å²) < 4.78 is 14.4. The number of hydrogen-bond donors (Lipinski definition) is 1. The average molecular weight is 527 g/mol. The van der Waals surface area contributed by atoms with Crippen molar-refractivity contribution in [1.82, 2.24) is 40.2 Å². The molecule has 1 N–H and O–H groups in total. The van der Waals surface area contributed by atoms with E-state index in [9.17, 15) is 0 Å². The number of piperidine rings is 1. The molecule has 0 aliphatic carbocycles. The largest absolute Gasteiger partial charge is 0.464 e. The fourth-order valence-corrected chi connectivity index (χ4v) is 5.56. The fraction of sp³-hybridized carbons (Fsp3) is 0.379. The van der Waals surface area contributed by atoms with Crippen molar-refractivity contribution in [3.8, 4) is 11.3 Å². The summed E-state index contributed by atoms with van der Waals surface area (Å²) in [7, 11) is 5.97. The Morgan fingerprint density at radius 1 is 1.10 bits per heavy atom. The standard InChI is InChI=1S/C29H34N8O2/c1-35(2)16-25-26(31-33-30-25)18-37-12-7-10-27(28(37)20-8-5-4-6-9-20)39-19-23-15-22(24-17-36(3)34-32-24)14-21-11-13-38-29(21)23/h4-6,8-9,11,13-15,17,27-28H,7,10,12,16,18-19H2,1-3H3,(H,30,31,33)/t27-,28-/m0/s1. The number of aromatic amines is 1. The molecule has 0 spiro atoms. The van der Waals surface area contributed by atoms with E-state index in [-0.39, 0.29) is 12.1 Å². The highest BCUT2D eigenvalue weighted by Crippen LogP contribution is 2.36. The van der Waals surface area contributed by atoms with Crippen LogP contribution in [-0.4, -0.2) is 66.9 Å². The number of nitrogens with one attached hydrogen (secondary N) is 1. The molecule has 3 aromatic heterocycles. The monoisotopic (exact) mass is 526 g/mol. The molecule has 0 saturated carbocycles. The molecule has 5 aromatic rings. The van der Waals surface area contributed by atoms with Crippen molar-refractivity contribution in [3.63, 3.8) is 0 Å². The van der Waals surface area contributed by atoms with Crippen LogP contribution in [0.2, 0.25) is 0 Å². The first-order valence-corrected chi connectivity index (χ1v) is 13.4. The minimum absolute atomic E-state index is 0.00975. The van der Waals surface area contributed by atoms with Crippen LogP contribution in [0.15, 0.2) is 65.4 Å². The lowest BCUT2D eigenvalue weighted by Crippen LogP contribution is -2.42. The van der Waals surface area contributed by atoms with E-state index in [4.69, 9.17) is 9.15 Å². The fourth-order valence-electron chi connectivity index (χ4n) is 5.56. The van der Waals surface area contributed by atoms with Gasteiger partial charge in [0.05, 0.1) is 31.2 Å². The van der Waals surface area contributed by atoms with Gasteiger partial charge in [-0.3, -0.25) is 9.58 Å². The van der Waals surface area contributed by atoms with Gasteiger partial charge in [0, 0.05) is 36.7 Å². The number of furan rings is 1. The van der Waals surface area contributed by atoms with Crippen LogP contribution in [0.25, 0.3) is 22.2 Å². The minimum atomic E-state index is 0.00975. The molecule has 202 valence electrons. The van der Waals surface area contributed by atoms with E-state index in [1.54, 1.807) is 10.9 Å². The molecule has 10 nitrogen and oxygen atoms in total. The van der Waals surface area contributed by atoms with E-state index >= 15 is 0 Å². The Balaban J connectivity index is 1.27. The van der Waals surface area contributed by atoms with Gasteiger partial charge in [0.15, 0.2) is 0 Å². The van der Waals surface area contributed by atoms with Crippen LogP contribution in [0, 0.1) is 0 Å². The van der Waals surface area contributed by atoms with Gasteiger partial charge in [-0.25, -0.2) is 0 Å². The van der Waals surface area contributed by atoms with Gasteiger partial charge in [-0.05, 0) is 57.2 Å². The number of aromatic nitrogens is 6. The third-order valence-corrected chi connectivity index (χ3v) is 7.32. The lowest BCUT2D eigenvalue weighted by molar-refractivity contribution is -0.0555. The second-order valence-corrected chi connectivity index (χ2v) is 10.5. The van der Waals surface area contributed by atoms with E-state index in [0.29, 0.717) is 13.2 Å². The van der Waals surface area contributed by atoms with Crippen molar-refractivity contribution in [2.24, 2.45) is 7.05 Å². The number of ether oxygens (including phenoxy) is 1.